The minimum absolute atomic E-state index is 0.300. The molecule has 84 valence electrons. The van der Waals surface area contributed by atoms with Crippen molar-refractivity contribution in [2.45, 2.75) is 38.6 Å². The van der Waals surface area contributed by atoms with Gasteiger partial charge in [0, 0.05) is 5.92 Å². The van der Waals surface area contributed by atoms with Crippen LogP contribution >= 0.6 is 0 Å². The highest BCUT2D eigenvalue weighted by Gasteiger charge is 2.29. The summed E-state index contributed by atoms with van der Waals surface area (Å²) in [5, 5.41) is 0. The second kappa shape index (κ2) is 3.85. The average Bonchev–Trinajstić information content (AvgIpc) is 2.71. The number of hydrogen-bond acceptors (Lipinski definition) is 4. The Labute approximate surface area is 90.5 Å². The first-order valence-electron chi connectivity index (χ1n) is 5.56. The number of nitrogens with zero attached hydrogens (tertiary/aromatic N) is 2. The summed E-state index contributed by atoms with van der Waals surface area (Å²) in [4.78, 5) is 6.66. The Morgan fingerprint density at radius 1 is 1.53 bits per heavy atom. The third-order valence-corrected chi connectivity index (χ3v) is 3.06. The SMILES string of the molecule is CC(C)c1oc(N)nc1C1CCCN1C. The van der Waals surface area contributed by atoms with Crippen molar-refractivity contribution in [3.8, 4) is 0 Å². The van der Waals surface area contributed by atoms with Gasteiger partial charge in [0.25, 0.3) is 6.01 Å². The lowest BCUT2D eigenvalue weighted by Crippen LogP contribution is -2.19. The van der Waals surface area contributed by atoms with Crippen LogP contribution in [0.5, 0.6) is 0 Å². The highest BCUT2D eigenvalue weighted by molar-refractivity contribution is 5.25. The predicted octanol–water partition coefficient (Wildman–Crippen LogP) is 2.15. The first kappa shape index (κ1) is 10.5. The molecule has 1 aromatic heterocycles. The third kappa shape index (κ3) is 1.86. The zero-order chi connectivity index (χ0) is 11.0. The molecule has 0 radical (unpaired) electrons. The van der Waals surface area contributed by atoms with Crippen LogP contribution in [-0.2, 0) is 0 Å². The number of nitrogens with two attached hydrogens (primary N) is 1. The van der Waals surface area contributed by atoms with Crippen molar-refractivity contribution in [1.82, 2.24) is 9.88 Å². The van der Waals surface area contributed by atoms with Gasteiger partial charge in [-0.25, -0.2) is 0 Å². The molecule has 1 unspecified atom stereocenters. The molecule has 2 heterocycles. The topological polar surface area (TPSA) is 55.3 Å². The van der Waals surface area contributed by atoms with E-state index in [1.165, 1.54) is 6.42 Å². The molecule has 0 spiro atoms. The number of aromatic nitrogens is 1. The van der Waals surface area contributed by atoms with Gasteiger partial charge in [-0.3, -0.25) is 4.90 Å². The molecule has 4 nitrogen and oxygen atoms in total. The van der Waals surface area contributed by atoms with Crippen molar-refractivity contribution in [3.05, 3.63) is 11.5 Å². The smallest absolute Gasteiger partial charge is 0.292 e. The van der Waals surface area contributed by atoms with Crippen molar-refractivity contribution in [3.63, 3.8) is 0 Å². The molecule has 1 fully saturated rings. The number of hydrogen-bond donors (Lipinski definition) is 1. The number of nitrogen functional groups attached to an aromatic ring is 1. The molecule has 0 amide bonds. The normalized spacial score (nSPS) is 22.8. The fourth-order valence-corrected chi connectivity index (χ4v) is 2.27. The molecular weight excluding hydrogens is 190 g/mol. The summed E-state index contributed by atoms with van der Waals surface area (Å²) in [7, 11) is 2.13. The predicted molar refractivity (Wildman–Crippen MR) is 59.6 cm³/mol. The van der Waals surface area contributed by atoms with E-state index in [2.05, 4.69) is 30.8 Å². The first-order chi connectivity index (χ1) is 7.09. The van der Waals surface area contributed by atoms with Gasteiger partial charge in [0.1, 0.15) is 11.5 Å². The lowest BCUT2D eigenvalue weighted by Gasteiger charge is -2.18. The zero-order valence-corrected chi connectivity index (χ0v) is 9.66. The van der Waals surface area contributed by atoms with Crippen molar-refractivity contribution in [2.24, 2.45) is 0 Å². The van der Waals surface area contributed by atoms with Crippen LogP contribution in [0.2, 0.25) is 0 Å². The molecule has 1 saturated heterocycles. The highest BCUT2D eigenvalue weighted by atomic mass is 16.4. The monoisotopic (exact) mass is 209 g/mol. The van der Waals surface area contributed by atoms with Crippen LogP contribution in [0.25, 0.3) is 0 Å². The molecule has 0 aliphatic carbocycles. The minimum Gasteiger partial charge on any atom is -0.428 e. The maximum atomic E-state index is 5.63. The molecular formula is C11H19N3O. The Kier molecular flexibility index (Phi) is 2.69. The van der Waals surface area contributed by atoms with E-state index >= 15 is 0 Å². The van der Waals surface area contributed by atoms with Crippen LogP contribution in [0.3, 0.4) is 0 Å². The van der Waals surface area contributed by atoms with Crippen LogP contribution in [0.15, 0.2) is 4.42 Å². The quantitative estimate of drug-likeness (QED) is 0.810. The molecule has 1 aliphatic heterocycles. The molecule has 1 atom stereocenters. The minimum atomic E-state index is 0.300. The fraction of sp³-hybridized carbons (Fsp3) is 0.727. The van der Waals surface area contributed by atoms with Gasteiger partial charge in [0.2, 0.25) is 0 Å². The maximum Gasteiger partial charge on any atom is 0.292 e. The lowest BCUT2D eigenvalue weighted by molar-refractivity contribution is 0.307. The first-order valence-corrected chi connectivity index (χ1v) is 5.56. The highest BCUT2D eigenvalue weighted by Crippen LogP contribution is 2.35. The number of anilines is 1. The van der Waals surface area contributed by atoms with E-state index in [0.717, 1.165) is 24.4 Å². The van der Waals surface area contributed by atoms with Crippen LogP contribution in [0.1, 0.15) is 50.1 Å². The Bertz CT molecular complexity index is 346. The fourth-order valence-electron chi connectivity index (χ4n) is 2.27. The standard InChI is InChI=1S/C11H19N3O/c1-7(2)10-9(13-11(12)15-10)8-5-4-6-14(8)3/h7-8H,4-6H2,1-3H3,(H2,12,13). The summed E-state index contributed by atoms with van der Waals surface area (Å²) in [5.74, 6) is 1.30. The Morgan fingerprint density at radius 2 is 2.27 bits per heavy atom. The van der Waals surface area contributed by atoms with E-state index in [1.807, 2.05) is 0 Å². The van der Waals surface area contributed by atoms with Gasteiger partial charge in [-0.05, 0) is 26.4 Å². The second-order valence-corrected chi connectivity index (χ2v) is 4.59. The van der Waals surface area contributed by atoms with Crippen molar-refractivity contribution >= 4 is 6.01 Å². The summed E-state index contributed by atoms with van der Waals surface area (Å²) in [6.45, 7) is 5.35. The van der Waals surface area contributed by atoms with Gasteiger partial charge in [0.15, 0.2) is 0 Å². The lowest BCUT2D eigenvalue weighted by atomic mass is 10.0. The Hall–Kier alpha value is -1.03. The van der Waals surface area contributed by atoms with Crippen LogP contribution in [-0.4, -0.2) is 23.5 Å². The molecule has 1 aromatic rings. The Balaban J connectivity index is 2.33. The molecule has 1 aliphatic rings. The number of likely N-dealkylation sites (tertiary alicyclic amines) is 1. The van der Waals surface area contributed by atoms with Gasteiger partial charge in [-0.15, -0.1) is 0 Å². The van der Waals surface area contributed by atoms with Crippen LogP contribution in [0, 0.1) is 0 Å². The van der Waals surface area contributed by atoms with E-state index < -0.39 is 0 Å². The van der Waals surface area contributed by atoms with Crippen molar-refractivity contribution in [1.29, 1.82) is 0 Å². The van der Waals surface area contributed by atoms with Gasteiger partial charge >= 0.3 is 0 Å². The van der Waals surface area contributed by atoms with Gasteiger partial charge in [0.05, 0.1) is 6.04 Å². The van der Waals surface area contributed by atoms with Gasteiger partial charge < -0.3 is 10.2 Å². The molecule has 2 rings (SSSR count). The molecule has 0 aromatic carbocycles. The summed E-state index contributed by atoms with van der Waals surface area (Å²) >= 11 is 0. The number of rotatable bonds is 2. The summed E-state index contributed by atoms with van der Waals surface area (Å²) < 4.78 is 5.48. The second-order valence-electron chi connectivity index (χ2n) is 4.59. The van der Waals surface area contributed by atoms with Gasteiger partial charge in [-0.2, -0.15) is 4.98 Å². The third-order valence-electron chi connectivity index (χ3n) is 3.06. The maximum absolute atomic E-state index is 5.63. The molecule has 4 heteroatoms. The van der Waals surface area contributed by atoms with E-state index in [-0.39, 0.29) is 0 Å². The summed E-state index contributed by atoms with van der Waals surface area (Å²) in [5.41, 5.74) is 6.68. The average molecular weight is 209 g/mol. The van der Waals surface area contributed by atoms with E-state index in [1.54, 1.807) is 0 Å². The van der Waals surface area contributed by atoms with Crippen molar-refractivity contribution < 1.29 is 4.42 Å². The zero-order valence-electron chi connectivity index (χ0n) is 9.66. The Morgan fingerprint density at radius 3 is 2.80 bits per heavy atom. The van der Waals surface area contributed by atoms with Crippen LogP contribution in [0.4, 0.5) is 6.01 Å². The van der Waals surface area contributed by atoms with E-state index in [9.17, 15) is 0 Å². The van der Waals surface area contributed by atoms with E-state index in [0.29, 0.717) is 18.0 Å². The van der Waals surface area contributed by atoms with Gasteiger partial charge in [-0.1, -0.05) is 13.8 Å². The van der Waals surface area contributed by atoms with Crippen molar-refractivity contribution in [2.75, 3.05) is 19.3 Å². The molecule has 15 heavy (non-hydrogen) atoms. The van der Waals surface area contributed by atoms with E-state index in [4.69, 9.17) is 10.2 Å². The van der Waals surface area contributed by atoms with Crippen LogP contribution < -0.4 is 5.73 Å². The largest absolute Gasteiger partial charge is 0.428 e. The molecule has 0 bridgehead atoms. The summed E-state index contributed by atoms with van der Waals surface area (Å²) in [6, 6.07) is 0.692. The summed E-state index contributed by atoms with van der Waals surface area (Å²) in [6.07, 6.45) is 2.38. The molecule has 0 saturated carbocycles. The number of oxazole rings is 1. The molecule has 2 N–H and O–H groups in total.